The van der Waals surface area contributed by atoms with Gasteiger partial charge in [0, 0.05) is 12.7 Å². The van der Waals surface area contributed by atoms with Gasteiger partial charge < -0.3 is 5.32 Å². The molecule has 2 aromatic rings. The van der Waals surface area contributed by atoms with Crippen molar-refractivity contribution >= 4 is 21.6 Å². The third-order valence-corrected chi connectivity index (χ3v) is 2.38. The molecular formula is C10H9BrN4. The number of rotatable bonds is 3. The van der Waals surface area contributed by atoms with E-state index >= 15 is 0 Å². The summed E-state index contributed by atoms with van der Waals surface area (Å²) in [6.07, 6.45) is 10.6. The zero-order chi connectivity index (χ0) is 10.7. The van der Waals surface area contributed by atoms with Crippen LogP contribution in [-0.2, 0) is 6.54 Å². The summed E-state index contributed by atoms with van der Waals surface area (Å²) in [7, 11) is 0. The minimum atomic E-state index is 0.555. The molecule has 0 bridgehead atoms. The highest BCUT2D eigenvalue weighted by atomic mass is 79.9. The summed E-state index contributed by atoms with van der Waals surface area (Å²) in [5.41, 5.74) is 1.89. The Morgan fingerprint density at radius 2 is 2.33 bits per heavy atom. The van der Waals surface area contributed by atoms with Crippen LogP contribution in [0.25, 0.3) is 5.65 Å². The third-order valence-electron chi connectivity index (χ3n) is 1.97. The quantitative estimate of drug-likeness (QED) is 0.670. The molecule has 0 spiro atoms. The number of hydrogen-bond acceptors (Lipinski definition) is 3. The van der Waals surface area contributed by atoms with Crippen LogP contribution in [-0.4, -0.2) is 20.9 Å². The van der Waals surface area contributed by atoms with Crippen molar-refractivity contribution in [3.05, 3.63) is 28.9 Å². The molecule has 0 saturated carbocycles. The molecule has 0 unspecified atom stereocenters. The summed E-state index contributed by atoms with van der Waals surface area (Å²) in [5.74, 6) is 2.53. The first-order valence-electron chi connectivity index (χ1n) is 4.43. The Kier molecular flexibility index (Phi) is 2.99. The van der Waals surface area contributed by atoms with E-state index in [2.05, 4.69) is 37.1 Å². The normalized spacial score (nSPS) is 10.4. The summed E-state index contributed by atoms with van der Waals surface area (Å²) in [4.78, 5) is 8.32. The standard InChI is InChI=1S/C10H9BrN4/c1-2-3-12-4-8-5-14-10-6-13-9(11)7-15(8)10/h1,5-7,12H,3-4H2. The second-order valence-corrected chi connectivity index (χ2v) is 3.81. The van der Waals surface area contributed by atoms with Crippen molar-refractivity contribution in [2.75, 3.05) is 6.54 Å². The first kappa shape index (κ1) is 10.1. The second kappa shape index (κ2) is 4.43. The number of halogens is 1. The molecule has 2 rings (SSSR count). The zero-order valence-corrected chi connectivity index (χ0v) is 9.53. The molecule has 0 aliphatic heterocycles. The average Bonchev–Trinajstić information content (AvgIpc) is 2.62. The van der Waals surface area contributed by atoms with Gasteiger partial charge in [-0.15, -0.1) is 6.42 Å². The van der Waals surface area contributed by atoms with Gasteiger partial charge in [0.25, 0.3) is 0 Å². The number of aromatic nitrogens is 3. The van der Waals surface area contributed by atoms with E-state index in [1.807, 2.05) is 16.8 Å². The molecule has 0 fully saturated rings. The van der Waals surface area contributed by atoms with Crippen LogP contribution in [0.15, 0.2) is 23.2 Å². The molecule has 0 radical (unpaired) electrons. The molecule has 76 valence electrons. The van der Waals surface area contributed by atoms with Gasteiger partial charge in [0.15, 0.2) is 5.65 Å². The summed E-state index contributed by atoms with van der Waals surface area (Å²) >= 11 is 3.32. The molecule has 2 aromatic heterocycles. The molecule has 0 saturated heterocycles. The van der Waals surface area contributed by atoms with Gasteiger partial charge in [-0.2, -0.15) is 0 Å². The molecule has 0 aliphatic rings. The summed E-state index contributed by atoms with van der Waals surface area (Å²) in [6.45, 7) is 1.25. The minimum absolute atomic E-state index is 0.555. The van der Waals surface area contributed by atoms with Gasteiger partial charge in [0.05, 0.1) is 24.6 Å². The van der Waals surface area contributed by atoms with Gasteiger partial charge in [-0.05, 0) is 15.9 Å². The van der Waals surface area contributed by atoms with E-state index < -0.39 is 0 Å². The Hall–Kier alpha value is -1.38. The lowest BCUT2D eigenvalue weighted by Gasteiger charge is -2.01. The van der Waals surface area contributed by atoms with Crippen LogP contribution in [0.4, 0.5) is 0 Å². The number of terminal acetylenes is 1. The van der Waals surface area contributed by atoms with E-state index in [-0.39, 0.29) is 0 Å². The van der Waals surface area contributed by atoms with Crippen LogP contribution in [0.5, 0.6) is 0 Å². The maximum absolute atomic E-state index is 5.15. The highest BCUT2D eigenvalue weighted by Gasteiger charge is 2.02. The van der Waals surface area contributed by atoms with E-state index in [4.69, 9.17) is 6.42 Å². The van der Waals surface area contributed by atoms with Crippen LogP contribution >= 0.6 is 15.9 Å². The van der Waals surface area contributed by atoms with Crippen LogP contribution in [0.1, 0.15) is 5.69 Å². The lowest BCUT2D eigenvalue weighted by Crippen LogP contribution is -2.14. The van der Waals surface area contributed by atoms with Crippen molar-refractivity contribution < 1.29 is 0 Å². The van der Waals surface area contributed by atoms with Crippen LogP contribution in [0.2, 0.25) is 0 Å². The fraction of sp³-hybridized carbons (Fsp3) is 0.200. The average molecular weight is 265 g/mol. The monoisotopic (exact) mass is 264 g/mol. The van der Waals surface area contributed by atoms with Gasteiger partial charge >= 0.3 is 0 Å². The lowest BCUT2D eigenvalue weighted by molar-refractivity contribution is 0.741. The predicted octanol–water partition coefficient (Wildman–Crippen LogP) is 1.21. The minimum Gasteiger partial charge on any atom is -0.301 e. The van der Waals surface area contributed by atoms with Gasteiger partial charge in [0.1, 0.15) is 4.60 Å². The first-order chi connectivity index (χ1) is 7.31. The number of hydrogen-bond donors (Lipinski definition) is 1. The van der Waals surface area contributed by atoms with E-state index in [0.717, 1.165) is 15.9 Å². The topological polar surface area (TPSA) is 42.2 Å². The molecule has 2 heterocycles. The fourth-order valence-corrected chi connectivity index (χ4v) is 1.62. The largest absolute Gasteiger partial charge is 0.301 e. The van der Waals surface area contributed by atoms with E-state index in [9.17, 15) is 0 Å². The van der Waals surface area contributed by atoms with E-state index in [1.54, 1.807) is 6.20 Å². The Labute approximate surface area is 95.9 Å². The highest BCUT2D eigenvalue weighted by molar-refractivity contribution is 9.10. The van der Waals surface area contributed by atoms with Gasteiger partial charge in [-0.1, -0.05) is 5.92 Å². The van der Waals surface area contributed by atoms with E-state index in [0.29, 0.717) is 13.1 Å². The highest BCUT2D eigenvalue weighted by Crippen LogP contribution is 2.10. The number of fused-ring (bicyclic) bond motifs is 1. The second-order valence-electron chi connectivity index (χ2n) is 3.00. The molecule has 5 heteroatoms. The van der Waals surface area contributed by atoms with Gasteiger partial charge in [-0.25, -0.2) is 9.97 Å². The van der Waals surface area contributed by atoms with Crippen LogP contribution in [0, 0.1) is 12.3 Å². The Morgan fingerprint density at radius 1 is 1.47 bits per heavy atom. The molecule has 0 aliphatic carbocycles. The zero-order valence-electron chi connectivity index (χ0n) is 7.94. The van der Waals surface area contributed by atoms with Crippen molar-refractivity contribution in [1.29, 1.82) is 0 Å². The molecule has 0 aromatic carbocycles. The summed E-state index contributed by atoms with van der Waals surface area (Å²) in [5, 5.41) is 3.12. The fourth-order valence-electron chi connectivity index (χ4n) is 1.31. The van der Waals surface area contributed by atoms with Gasteiger partial charge in [0.2, 0.25) is 0 Å². The van der Waals surface area contributed by atoms with E-state index in [1.165, 1.54) is 0 Å². The maximum atomic E-state index is 5.15. The Morgan fingerprint density at radius 3 is 3.13 bits per heavy atom. The molecule has 0 atom stereocenters. The molecule has 0 amide bonds. The smallest absolute Gasteiger partial charge is 0.155 e. The molecule has 4 nitrogen and oxygen atoms in total. The summed E-state index contributed by atoms with van der Waals surface area (Å²) < 4.78 is 2.76. The number of nitrogens with one attached hydrogen (secondary N) is 1. The molecule has 1 N–H and O–H groups in total. The SMILES string of the molecule is C#CCNCc1cnc2cnc(Br)cn12. The van der Waals surface area contributed by atoms with Crippen molar-refractivity contribution in [1.82, 2.24) is 19.7 Å². The lowest BCUT2D eigenvalue weighted by atomic mass is 10.4. The number of imidazole rings is 1. The van der Waals surface area contributed by atoms with Gasteiger partial charge in [-0.3, -0.25) is 4.40 Å². The third kappa shape index (κ3) is 2.17. The van der Waals surface area contributed by atoms with Crippen molar-refractivity contribution in [3.63, 3.8) is 0 Å². The first-order valence-corrected chi connectivity index (χ1v) is 5.22. The van der Waals surface area contributed by atoms with Crippen molar-refractivity contribution in [2.45, 2.75) is 6.54 Å². The Balaban J connectivity index is 2.28. The molecular weight excluding hydrogens is 256 g/mol. The predicted molar refractivity (Wildman–Crippen MR) is 61.2 cm³/mol. The Bertz CT molecular complexity index is 512. The summed E-state index contributed by atoms with van der Waals surface area (Å²) in [6, 6.07) is 0. The van der Waals surface area contributed by atoms with Crippen LogP contribution in [0.3, 0.4) is 0 Å². The van der Waals surface area contributed by atoms with Crippen molar-refractivity contribution in [3.8, 4) is 12.3 Å². The maximum Gasteiger partial charge on any atom is 0.155 e. The van der Waals surface area contributed by atoms with Crippen molar-refractivity contribution in [2.24, 2.45) is 0 Å². The molecule has 15 heavy (non-hydrogen) atoms. The van der Waals surface area contributed by atoms with Crippen LogP contribution < -0.4 is 5.32 Å². The number of nitrogens with zero attached hydrogens (tertiary/aromatic N) is 3.